The van der Waals surface area contributed by atoms with Gasteiger partial charge in [-0.2, -0.15) is 0 Å². The molecule has 1 saturated heterocycles. The van der Waals surface area contributed by atoms with Crippen molar-refractivity contribution in [1.29, 1.82) is 0 Å². The van der Waals surface area contributed by atoms with Gasteiger partial charge in [0.25, 0.3) is 0 Å². The van der Waals surface area contributed by atoms with Gasteiger partial charge in [0.2, 0.25) is 0 Å². The SMILES string of the molecule is CNCc1cncc(N(C)CC2CCCCO2)n1. The summed E-state index contributed by atoms with van der Waals surface area (Å²) in [6.45, 7) is 2.52. The predicted molar refractivity (Wildman–Crippen MR) is 71.7 cm³/mol. The first-order valence-electron chi connectivity index (χ1n) is 6.58. The van der Waals surface area contributed by atoms with E-state index in [9.17, 15) is 0 Å². The average Bonchev–Trinajstić information content (AvgIpc) is 2.40. The van der Waals surface area contributed by atoms with Gasteiger partial charge in [-0.15, -0.1) is 0 Å². The Morgan fingerprint density at radius 3 is 3.06 bits per heavy atom. The molecular weight excluding hydrogens is 228 g/mol. The van der Waals surface area contributed by atoms with Crippen molar-refractivity contribution in [2.24, 2.45) is 0 Å². The van der Waals surface area contributed by atoms with Crippen LogP contribution in [-0.2, 0) is 11.3 Å². The van der Waals surface area contributed by atoms with Crippen LogP contribution < -0.4 is 10.2 Å². The fourth-order valence-corrected chi connectivity index (χ4v) is 2.20. The van der Waals surface area contributed by atoms with Crippen molar-refractivity contribution in [1.82, 2.24) is 15.3 Å². The van der Waals surface area contributed by atoms with Gasteiger partial charge in [0.05, 0.1) is 18.0 Å². The average molecular weight is 250 g/mol. The number of aromatic nitrogens is 2. The highest BCUT2D eigenvalue weighted by molar-refractivity contribution is 5.35. The summed E-state index contributed by atoms with van der Waals surface area (Å²) < 4.78 is 5.75. The first-order chi connectivity index (χ1) is 8.79. The second kappa shape index (κ2) is 6.66. The van der Waals surface area contributed by atoms with E-state index >= 15 is 0 Å². The fraction of sp³-hybridized carbons (Fsp3) is 0.692. The second-order valence-corrected chi connectivity index (χ2v) is 4.77. The second-order valence-electron chi connectivity index (χ2n) is 4.77. The van der Waals surface area contributed by atoms with E-state index in [2.05, 4.69) is 20.2 Å². The Hall–Kier alpha value is -1.20. The van der Waals surface area contributed by atoms with Crippen molar-refractivity contribution in [2.45, 2.75) is 31.9 Å². The maximum absolute atomic E-state index is 5.75. The smallest absolute Gasteiger partial charge is 0.147 e. The van der Waals surface area contributed by atoms with Crippen LogP contribution in [-0.4, -0.2) is 43.3 Å². The van der Waals surface area contributed by atoms with Gasteiger partial charge >= 0.3 is 0 Å². The van der Waals surface area contributed by atoms with E-state index in [0.29, 0.717) is 6.10 Å². The van der Waals surface area contributed by atoms with Gasteiger partial charge in [0.1, 0.15) is 5.82 Å². The Labute approximate surface area is 109 Å². The highest BCUT2D eigenvalue weighted by atomic mass is 16.5. The van der Waals surface area contributed by atoms with E-state index in [1.54, 1.807) is 6.20 Å². The number of anilines is 1. The Morgan fingerprint density at radius 2 is 2.33 bits per heavy atom. The van der Waals surface area contributed by atoms with Crippen molar-refractivity contribution in [3.8, 4) is 0 Å². The molecular formula is C13H22N4O. The number of hydrogen-bond donors (Lipinski definition) is 1. The van der Waals surface area contributed by atoms with E-state index in [4.69, 9.17) is 4.74 Å². The van der Waals surface area contributed by atoms with E-state index in [-0.39, 0.29) is 0 Å². The van der Waals surface area contributed by atoms with Crippen LogP contribution in [0.3, 0.4) is 0 Å². The van der Waals surface area contributed by atoms with Crippen molar-refractivity contribution in [3.05, 3.63) is 18.1 Å². The largest absolute Gasteiger partial charge is 0.376 e. The van der Waals surface area contributed by atoms with Crippen molar-refractivity contribution < 1.29 is 4.74 Å². The Bertz CT molecular complexity index is 366. The summed E-state index contributed by atoms with van der Waals surface area (Å²) in [6.07, 6.45) is 7.54. The van der Waals surface area contributed by atoms with Crippen LogP contribution in [0.4, 0.5) is 5.82 Å². The number of hydrogen-bond acceptors (Lipinski definition) is 5. The lowest BCUT2D eigenvalue weighted by atomic mass is 10.1. The molecule has 5 heteroatoms. The summed E-state index contributed by atoms with van der Waals surface area (Å²) in [5, 5.41) is 3.09. The molecule has 1 fully saturated rings. The van der Waals surface area contributed by atoms with Gasteiger partial charge in [0, 0.05) is 32.9 Å². The van der Waals surface area contributed by atoms with Gasteiger partial charge in [-0.25, -0.2) is 4.98 Å². The lowest BCUT2D eigenvalue weighted by Crippen LogP contribution is -2.34. The van der Waals surface area contributed by atoms with Crippen LogP contribution in [0.15, 0.2) is 12.4 Å². The molecule has 2 heterocycles. The fourth-order valence-electron chi connectivity index (χ4n) is 2.20. The van der Waals surface area contributed by atoms with E-state index in [1.165, 1.54) is 12.8 Å². The zero-order valence-corrected chi connectivity index (χ0v) is 11.2. The maximum Gasteiger partial charge on any atom is 0.147 e. The lowest BCUT2D eigenvalue weighted by molar-refractivity contribution is 0.0215. The Balaban J connectivity index is 1.94. The zero-order chi connectivity index (χ0) is 12.8. The van der Waals surface area contributed by atoms with Crippen molar-refractivity contribution in [2.75, 3.05) is 32.1 Å². The first kappa shape index (κ1) is 13.2. The van der Waals surface area contributed by atoms with Gasteiger partial charge < -0.3 is 15.0 Å². The molecule has 0 radical (unpaired) electrons. The van der Waals surface area contributed by atoms with Gasteiger partial charge in [-0.1, -0.05) is 0 Å². The van der Waals surface area contributed by atoms with Crippen LogP contribution in [0.25, 0.3) is 0 Å². The summed E-state index contributed by atoms with van der Waals surface area (Å²) in [4.78, 5) is 10.9. The molecule has 1 unspecified atom stereocenters. The molecule has 0 amide bonds. The minimum absolute atomic E-state index is 0.332. The van der Waals surface area contributed by atoms with Crippen LogP contribution >= 0.6 is 0 Å². The molecule has 1 aliphatic heterocycles. The molecule has 0 aliphatic carbocycles. The summed E-state index contributed by atoms with van der Waals surface area (Å²) in [5.74, 6) is 0.914. The van der Waals surface area contributed by atoms with Crippen LogP contribution in [0, 0.1) is 0 Å². The Kier molecular flexibility index (Phi) is 4.90. The highest BCUT2D eigenvalue weighted by Gasteiger charge is 2.16. The third kappa shape index (κ3) is 3.65. The van der Waals surface area contributed by atoms with Crippen molar-refractivity contribution in [3.63, 3.8) is 0 Å². The van der Waals surface area contributed by atoms with Gasteiger partial charge in [0.15, 0.2) is 0 Å². The maximum atomic E-state index is 5.75. The van der Waals surface area contributed by atoms with Crippen LogP contribution in [0.5, 0.6) is 0 Å². The molecule has 18 heavy (non-hydrogen) atoms. The van der Waals surface area contributed by atoms with Crippen LogP contribution in [0.2, 0.25) is 0 Å². The normalized spacial score (nSPS) is 19.8. The summed E-state index contributed by atoms with van der Waals surface area (Å²) in [7, 11) is 3.96. The molecule has 1 aromatic rings. The molecule has 1 atom stereocenters. The van der Waals surface area contributed by atoms with E-state index in [1.807, 2.05) is 20.3 Å². The number of ether oxygens (including phenoxy) is 1. The first-order valence-corrected chi connectivity index (χ1v) is 6.58. The highest BCUT2D eigenvalue weighted by Crippen LogP contribution is 2.16. The topological polar surface area (TPSA) is 50.3 Å². The van der Waals surface area contributed by atoms with Gasteiger partial charge in [-0.3, -0.25) is 4.98 Å². The molecule has 0 aromatic carbocycles. The Morgan fingerprint density at radius 1 is 1.44 bits per heavy atom. The zero-order valence-electron chi connectivity index (χ0n) is 11.2. The lowest BCUT2D eigenvalue weighted by Gasteiger charge is -2.28. The quantitative estimate of drug-likeness (QED) is 0.851. The van der Waals surface area contributed by atoms with Gasteiger partial charge in [-0.05, 0) is 26.3 Å². The summed E-state index contributed by atoms with van der Waals surface area (Å²) in [5.41, 5.74) is 0.964. The third-order valence-electron chi connectivity index (χ3n) is 3.17. The minimum atomic E-state index is 0.332. The molecule has 0 bridgehead atoms. The van der Waals surface area contributed by atoms with E-state index < -0.39 is 0 Å². The molecule has 5 nitrogen and oxygen atoms in total. The van der Waals surface area contributed by atoms with Crippen LogP contribution in [0.1, 0.15) is 25.0 Å². The monoisotopic (exact) mass is 250 g/mol. The number of nitrogens with zero attached hydrogens (tertiary/aromatic N) is 3. The molecule has 0 saturated carbocycles. The molecule has 1 aliphatic rings. The molecule has 2 rings (SSSR count). The standard InChI is InChI=1S/C13H22N4O/c1-14-7-11-8-15-9-13(16-11)17(2)10-12-5-3-4-6-18-12/h8-9,12,14H,3-7,10H2,1-2H3. The molecule has 0 spiro atoms. The van der Waals surface area contributed by atoms with Crippen molar-refractivity contribution >= 4 is 5.82 Å². The summed E-state index contributed by atoms with van der Waals surface area (Å²) >= 11 is 0. The summed E-state index contributed by atoms with van der Waals surface area (Å²) in [6, 6.07) is 0. The molecule has 1 aromatic heterocycles. The third-order valence-corrected chi connectivity index (χ3v) is 3.17. The predicted octanol–water partition coefficient (Wildman–Crippen LogP) is 1.20. The number of rotatable bonds is 5. The number of likely N-dealkylation sites (N-methyl/N-ethyl adjacent to an activating group) is 1. The molecule has 100 valence electrons. The number of nitrogens with one attached hydrogen (secondary N) is 1. The minimum Gasteiger partial charge on any atom is -0.376 e. The van der Waals surface area contributed by atoms with E-state index in [0.717, 1.165) is 37.6 Å². The molecule has 1 N–H and O–H groups in total.